The van der Waals surface area contributed by atoms with Gasteiger partial charge in [-0.1, -0.05) is 18.5 Å². The Kier molecular flexibility index (Phi) is 2.77. The van der Waals surface area contributed by atoms with Crippen molar-refractivity contribution in [1.82, 2.24) is 14.6 Å². The summed E-state index contributed by atoms with van der Waals surface area (Å²) in [5.74, 6) is 0. The highest BCUT2D eigenvalue weighted by Gasteiger charge is 2.34. The van der Waals surface area contributed by atoms with Crippen LogP contribution in [0, 0.1) is 6.92 Å². The van der Waals surface area contributed by atoms with Gasteiger partial charge in [0.05, 0.1) is 5.69 Å². The summed E-state index contributed by atoms with van der Waals surface area (Å²) in [4.78, 5) is 3.59. The third-order valence-electron chi connectivity index (χ3n) is 2.49. The van der Waals surface area contributed by atoms with Gasteiger partial charge in [0.15, 0.2) is 5.65 Å². The van der Waals surface area contributed by atoms with E-state index in [4.69, 9.17) is 11.6 Å². The molecule has 0 N–H and O–H groups in total. The van der Waals surface area contributed by atoms with Crippen LogP contribution in [0.2, 0.25) is 5.15 Å². The predicted octanol–water partition coefficient (Wildman–Crippen LogP) is 3.27. The Balaban J connectivity index is 2.79. The standard InChI is InChI=1S/C10H9ClF3N3/c1-3-6-5(2)16-17-8(11)4-7(10(12,13)14)15-9(6)17/h4H,3H2,1-2H3. The SMILES string of the molecule is CCc1c(C)nn2c(Cl)cc(C(F)(F)F)nc12. The van der Waals surface area contributed by atoms with Crippen LogP contribution in [-0.4, -0.2) is 14.6 Å². The second-order valence-electron chi connectivity index (χ2n) is 3.61. The first-order valence-electron chi connectivity index (χ1n) is 4.96. The van der Waals surface area contributed by atoms with Gasteiger partial charge in [-0.05, 0) is 13.3 Å². The first-order chi connectivity index (χ1) is 7.84. The minimum atomic E-state index is -4.51. The topological polar surface area (TPSA) is 30.2 Å². The molecule has 0 spiro atoms. The zero-order chi connectivity index (χ0) is 12.8. The quantitative estimate of drug-likeness (QED) is 0.739. The number of aryl methyl sites for hydroxylation is 2. The first-order valence-corrected chi connectivity index (χ1v) is 5.34. The molecule has 0 fully saturated rings. The van der Waals surface area contributed by atoms with Gasteiger partial charge in [-0.25, -0.2) is 9.50 Å². The van der Waals surface area contributed by atoms with Crippen molar-refractivity contribution in [3.8, 4) is 0 Å². The normalized spacial score (nSPS) is 12.4. The lowest BCUT2D eigenvalue weighted by Gasteiger charge is -2.07. The highest BCUT2D eigenvalue weighted by Crippen LogP contribution is 2.30. The van der Waals surface area contributed by atoms with Crippen molar-refractivity contribution in [2.75, 3.05) is 0 Å². The van der Waals surface area contributed by atoms with Crippen molar-refractivity contribution < 1.29 is 13.2 Å². The van der Waals surface area contributed by atoms with Gasteiger partial charge in [0.1, 0.15) is 10.8 Å². The lowest BCUT2D eigenvalue weighted by Crippen LogP contribution is -2.10. The maximum atomic E-state index is 12.6. The molecule has 0 saturated heterocycles. The molecule has 0 amide bonds. The third-order valence-corrected chi connectivity index (χ3v) is 2.75. The Hall–Kier alpha value is -1.30. The van der Waals surface area contributed by atoms with E-state index in [1.54, 1.807) is 6.92 Å². The molecule has 0 aliphatic heterocycles. The number of aromatic nitrogens is 3. The molecule has 2 aromatic rings. The highest BCUT2D eigenvalue weighted by molar-refractivity contribution is 6.29. The Morgan fingerprint density at radius 3 is 2.59 bits per heavy atom. The smallest absolute Gasteiger partial charge is 0.224 e. The van der Waals surface area contributed by atoms with Crippen molar-refractivity contribution >= 4 is 17.2 Å². The number of rotatable bonds is 1. The van der Waals surface area contributed by atoms with Crippen LogP contribution in [0.15, 0.2) is 6.07 Å². The molecule has 0 aromatic carbocycles. The van der Waals surface area contributed by atoms with Gasteiger partial charge in [-0.3, -0.25) is 0 Å². The second kappa shape index (κ2) is 3.87. The van der Waals surface area contributed by atoms with Crippen molar-refractivity contribution in [3.63, 3.8) is 0 Å². The highest BCUT2D eigenvalue weighted by atomic mass is 35.5. The molecule has 0 saturated carbocycles. The van der Waals surface area contributed by atoms with Gasteiger partial charge in [0.2, 0.25) is 0 Å². The molecule has 2 heterocycles. The molecule has 17 heavy (non-hydrogen) atoms. The van der Waals surface area contributed by atoms with Crippen LogP contribution in [0.5, 0.6) is 0 Å². The zero-order valence-electron chi connectivity index (χ0n) is 9.14. The van der Waals surface area contributed by atoms with Crippen molar-refractivity contribution in [1.29, 1.82) is 0 Å². The molecule has 3 nitrogen and oxygen atoms in total. The Morgan fingerprint density at radius 1 is 1.41 bits per heavy atom. The maximum absolute atomic E-state index is 12.6. The number of nitrogens with zero attached hydrogens (tertiary/aromatic N) is 3. The van der Waals surface area contributed by atoms with Crippen molar-refractivity contribution in [3.05, 3.63) is 28.2 Å². The summed E-state index contributed by atoms with van der Waals surface area (Å²) in [6.07, 6.45) is -3.95. The summed E-state index contributed by atoms with van der Waals surface area (Å²) < 4.78 is 39.0. The predicted molar refractivity (Wildman–Crippen MR) is 57.1 cm³/mol. The molecule has 7 heteroatoms. The van der Waals surface area contributed by atoms with Crippen molar-refractivity contribution in [2.24, 2.45) is 0 Å². The maximum Gasteiger partial charge on any atom is 0.433 e. The van der Waals surface area contributed by atoms with E-state index in [9.17, 15) is 13.2 Å². The van der Waals surface area contributed by atoms with Crippen LogP contribution in [0.3, 0.4) is 0 Å². The molecule has 2 aromatic heterocycles. The molecule has 92 valence electrons. The van der Waals surface area contributed by atoms with Crippen LogP contribution in [-0.2, 0) is 12.6 Å². The summed E-state index contributed by atoms with van der Waals surface area (Å²) in [6, 6.07) is 0.778. The average Bonchev–Trinajstić information content (AvgIpc) is 2.53. The molecule has 0 aliphatic carbocycles. The van der Waals surface area contributed by atoms with Crippen LogP contribution in [0.4, 0.5) is 13.2 Å². The van der Waals surface area contributed by atoms with Gasteiger partial charge < -0.3 is 0 Å². The summed E-state index contributed by atoms with van der Waals surface area (Å²) in [6.45, 7) is 3.55. The second-order valence-corrected chi connectivity index (χ2v) is 4.00. The third kappa shape index (κ3) is 1.97. The van der Waals surface area contributed by atoms with Crippen LogP contribution in [0.1, 0.15) is 23.9 Å². The van der Waals surface area contributed by atoms with E-state index in [1.165, 1.54) is 4.52 Å². The van der Waals surface area contributed by atoms with Gasteiger partial charge in [-0.15, -0.1) is 0 Å². The van der Waals surface area contributed by atoms with Crippen LogP contribution >= 0.6 is 11.6 Å². The lowest BCUT2D eigenvalue weighted by atomic mass is 10.2. The number of halogens is 4. The van der Waals surface area contributed by atoms with E-state index < -0.39 is 11.9 Å². The molecule has 0 aliphatic rings. The minimum absolute atomic E-state index is 0.0925. The van der Waals surface area contributed by atoms with E-state index >= 15 is 0 Å². The molecule has 0 bridgehead atoms. The van der Waals surface area contributed by atoms with Crippen LogP contribution in [0.25, 0.3) is 5.65 Å². The summed E-state index contributed by atoms with van der Waals surface area (Å²) in [5, 5.41) is 3.97. The Labute approximate surface area is 100 Å². The van der Waals surface area contributed by atoms with Gasteiger partial charge in [0.25, 0.3) is 0 Å². The summed E-state index contributed by atoms with van der Waals surface area (Å²) in [5.41, 5.74) is 0.494. The van der Waals surface area contributed by atoms with Crippen LogP contribution < -0.4 is 0 Å². The minimum Gasteiger partial charge on any atom is -0.224 e. The molecule has 2 rings (SSSR count). The van der Waals surface area contributed by atoms with Crippen molar-refractivity contribution in [2.45, 2.75) is 26.4 Å². The number of alkyl halides is 3. The zero-order valence-corrected chi connectivity index (χ0v) is 9.89. The molecule has 0 unspecified atom stereocenters. The van der Waals surface area contributed by atoms with Gasteiger partial charge in [0, 0.05) is 11.6 Å². The fourth-order valence-corrected chi connectivity index (χ4v) is 1.91. The molecular formula is C10H9ClF3N3. The lowest BCUT2D eigenvalue weighted by molar-refractivity contribution is -0.141. The fourth-order valence-electron chi connectivity index (χ4n) is 1.69. The van der Waals surface area contributed by atoms with Gasteiger partial charge in [-0.2, -0.15) is 18.3 Å². The Morgan fingerprint density at radius 2 is 2.06 bits per heavy atom. The number of fused-ring (bicyclic) bond motifs is 1. The van der Waals surface area contributed by atoms with E-state index in [1.807, 2.05) is 6.92 Å². The average molecular weight is 264 g/mol. The monoisotopic (exact) mass is 263 g/mol. The molecule has 0 atom stereocenters. The summed E-state index contributed by atoms with van der Waals surface area (Å²) >= 11 is 5.77. The number of hydrogen-bond acceptors (Lipinski definition) is 2. The van der Waals surface area contributed by atoms with E-state index in [-0.39, 0.29) is 10.8 Å². The van der Waals surface area contributed by atoms with E-state index in [0.717, 1.165) is 6.07 Å². The fraction of sp³-hybridized carbons (Fsp3) is 0.400. The molecule has 0 radical (unpaired) electrons. The summed E-state index contributed by atoms with van der Waals surface area (Å²) in [7, 11) is 0. The largest absolute Gasteiger partial charge is 0.433 e. The van der Waals surface area contributed by atoms with Gasteiger partial charge >= 0.3 is 6.18 Å². The number of hydrogen-bond donors (Lipinski definition) is 0. The molecular weight excluding hydrogens is 255 g/mol. The Bertz CT molecular complexity index is 574. The first kappa shape index (κ1) is 12.2. The van der Waals surface area contributed by atoms with E-state index in [0.29, 0.717) is 17.7 Å². The van der Waals surface area contributed by atoms with E-state index in [2.05, 4.69) is 10.1 Å².